The average molecular weight is 539 g/mol. The first-order chi connectivity index (χ1) is 19.8. The molecule has 5 atom stereocenters. The molecular weight excluding hydrogens is 500 g/mol. The Kier molecular flexibility index (Phi) is 10.5. The fourth-order valence-electron chi connectivity index (χ4n) is 5.02. The van der Waals surface area contributed by atoms with Gasteiger partial charge in [0.2, 0.25) is 0 Å². The summed E-state index contributed by atoms with van der Waals surface area (Å²) >= 11 is 0. The van der Waals surface area contributed by atoms with Crippen LogP contribution in [0, 0.1) is 0 Å². The molecule has 0 amide bonds. The van der Waals surface area contributed by atoms with Crippen molar-refractivity contribution < 1.29 is 23.7 Å². The standard InChI is InChI=1S/C35H38O5/c1-27-33(37-23-29-16-8-3-9-17-29)35(39-25-31-20-12-5-13-21-31)34(38-24-30-18-10-4-11-19-30)32(40-27)26-36-22-28-14-6-2-7-15-28/h2-21,27,32-35H,22-26H2,1H3/t27-,32?,33?,34-,35?/m0/s1. The van der Waals surface area contributed by atoms with Crippen LogP contribution in [-0.2, 0) is 50.1 Å². The number of ether oxygens (including phenoxy) is 5. The van der Waals surface area contributed by atoms with Gasteiger partial charge in [-0.1, -0.05) is 121 Å². The first-order valence-electron chi connectivity index (χ1n) is 14.0. The molecule has 0 N–H and O–H groups in total. The van der Waals surface area contributed by atoms with E-state index < -0.39 is 6.10 Å². The second kappa shape index (κ2) is 14.9. The molecule has 1 fully saturated rings. The zero-order valence-corrected chi connectivity index (χ0v) is 23.0. The Morgan fingerprint density at radius 1 is 0.475 bits per heavy atom. The van der Waals surface area contributed by atoms with Crippen molar-refractivity contribution in [1.29, 1.82) is 0 Å². The third-order valence-electron chi connectivity index (χ3n) is 7.12. The Labute approximate surface area is 237 Å². The quantitative estimate of drug-likeness (QED) is 0.189. The predicted octanol–water partition coefficient (Wildman–Crippen LogP) is 6.75. The third-order valence-corrected chi connectivity index (χ3v) is 7.12. The van der Waals surface area contributed by atoms with Gasteiger partial charge in [-0.25, -0.2) is 0 Å². The van der Waals surface area contributed by atoms with Gasteiger partial charge in [-0.2, -0.15) is 0 Å². The lowest BCUT2D eigenvalue weighted by atomic mass is 9.94. The van der Waals surface area contributed by atoms with E-state index in [4.69, 9.17) is 23.7 Å². The van der Waals surface area contributed by atoms with Crippen LogP contribution in [-0.4, -0.2) is 37.1 Å². The van der Waals surface area contributed by atoms with Gasteiger partial charge < -0.3 is 23.7 Å². The molecule has 0 radical (unpaired) electrons. The molecule has 208 valence electrons. The summed E-state index contributed by atoms with van der Waals surface area (Å²) in [5, 5.41) is 0. The van der Waals surface area contributed by atoms with Gasteiger partial charge in [0.1, 0.15) is 24.4 Å². The van der Waals surface area contributed by atoms with Gasteiger partial charge in [0.05, 0.1) is 39.1 Å². The van der Waals surface area contributed by atoms with E-state index in [0.717, 1.165) is 22.3 Å². The van der Waals surface area contributed by atoms with Crippen molar-refractivity contribution in [2.75, 3.05) is 6.61 Å². The van der Waals surface area contributed by atoms with Crippen molar-refractivity contribution >= 4 is 0 Å². The molecule has 5 heteroatoms. The molecule has 0 spiro atoms. The Bertz CT molecular complexity index is 1240. The molecule has 4 aromatic rings. The summed E-state index contributed by atoms with van der Waals surface area (Å²) in [7, 11) is 0. The topological polar surface area (TPSA) is 46.2 Å². The molecule has 1 aliphatic heterocycles. The summed E-state index contributed by atoms with van der Waals surface area (Å²) in [4.78, 5) is 0. The zero-order chi connectivity index (χ0) is 27.4. The molecule has 0 aromatic heterocycles. The maximum Gasteiger partial charge on any atom is 0.115 e. The van der Waals surface area contributed by atoms with Crippen LogP contribution in [0.1, 0.15) is 29.2 Å². The lowest BCUT2D eigenvalue weighted by Gasteiger charge is -2.45. The lowest BCUT2D eigenvalue weighted by Crippen LogP contribution is -2.60. The largest absolute Gasteiger partial charge is 0.374 e. The van der Waals surface area contributed by atoms with Gasteiger partial charge in [-0.3, -0.25) is 0 Å². The van der Waals surface area contributed by atoms with Gasteiger partial charge >= 0.3 is 0 Å². The first kappa shape index (κ1) is 28.2. The molecule has 3 unspecified atom stereocenters. The van der Waals surface area contributed by atoms with Gasteiger partial charge in [-0.05, 0) is 29.2 Å². The molecule has 5 rings (SSSR count). The minimum atomic E-state index is -0.392. The fraction of sp³-hybridized carbons (Fsp3) is 0.314. The Morgan fingerprint density at radius 2 is 0.850 bits per heavy atom. The molecule has 4 aromatic carbocycles. The number of benzene rings is 4. The number of hydrogen-bond donors (Lipinski definition) is 0. The summed E-state index contributed by atoms with van der Waals surface area (Å²) in [5.74, 6) is 0. The highest BCUT2D eigenvalue weighted by atomic mass is 16.6. The SMILES string of the molecule is C[C@@H]1OC(COCc2ccccc2)[C@H](OCc2ccccc2)C(OCc2ccccc2)C1OCc1ccccc1. The predicted molar refractivity (Wildman–Crippen MR) is 155 cm³/mol. The van der Waals surface area contributed by atoms with Crippen molar-refractivity contribution in [3.05, 3.63) is 144 Å². The molecular formula is C35H38O5. The fourth-order valence-corrected chi connectivity index (χ4v) is 5.02. The van der Waals surface area contributed by atoms with Gasteiger partial charge in [-0.15, -0.1) is 0 Å². The number of rotatable bonds is 13. The van der Waals surface area contributed by atoms with Crippen LogP contribution >= 0.6 is 0 Å². The smallest absolute Gasteiger partial charge is 0.115 e. The normalized spacial score (nSPS) is 22.7. The molecule has 0 bridgehead atoms. The van der Waals surface area contributed by atoms with Crippen LogP contribution in [0.2, 0.25) is 0 Å². The minimum absolute atomic E-state index is 0.216. The summed E-state index contributed by atoms with van der Waals surface area (Å²) in [5.41, 5.74) is 4.41. The van der Waals surface area contributed by atoms with E-state index in [-0.39, 0.29) is 24.4 Å². The monoisotopic (exact) mass is 538 g/mol. The summed E-state index contributed by atoms with van der Waals surface area (Å²) in [6.07, 6.45) is -1.61. The highest BCUT2D eigenvalue weighted by Gasteiger charge is 2.46. The van der Waals surface area contributed by atoms with Crippen LogP contribution in [0.4, 0.5) is 0 Å². The minimum Gasteiger partial charge on any atom is -0.374 e. The van der Waals surface area contributed by atoms with Gasteiger partial charge in [0, 0.05) is 0 Å². The Balaban J connectivity index is 1.36. The highest BCUT2D eigenvalue weighted by molar-refractivity contribution is 5.16. The van der Waals surface area contributed by atoms with E-state index >= 15 is 0 Å². The van der Waals surface area contributed by atoms with Crippen LogP contribution < -0.4 is 0 Å². The average Bonchev–Trinajstić information content (AvgIpc) is 3.01. The molecule has 40 heavy (non-hydrogen) atoms. The van der Waals surface area contributed by atoms with Crippen LogP contribution in [0.25, 0.3) is 0 Å². The zero-order valence-electron chi connectivity index (χ0n) is 23.0. The summed E-state index contributed by atoms with van der Waals surface area (Å²) < 4.78 is 32.5. The Morgan fingerprint density at radius 3 is 1.30 bits per heavy atom. The van der Waals surface area contributed by atoms with Crippen molar-refractivity contribution in [1.82, 2.24) is 0 Å². The summed E-state index contributed by atoms with van der Waals surface area (Å²) in [6, 6.07) is 40.8. The van der Waals surface area contributed by atoms with Crippen molar-refractivity contribution in [2.24, 2.45) is 0 Å². The maximum atomic E-state index is 6.65. The highest BCUT2D eigenvalue weighted by Crippen LogP contribution is 2.30. The molecule has 1 heterocycles. The summed E-state index contributed by atoms with van der Waals surface area (Å²) in [6.45, 7) is 4.29. The van der Waals surface area contributed by atoms with E-state index in [0.29, 0.717) is 33.0 Å². The lowest BCUT2D eigenvalue weighted by molar-refractivity contribution is -0.269. The second-order valence-corrected chi connectivity index (χ2v) is 10.2. The van der Waals surface area contributed by atoms with E-state index in [1.165, 1.54) is 0 Å². The van der Waals surface area contributed by atoms with Crippen molar-refractivity contribution in [2.45, 2.75) is 63.9 Å². The van der Waals surface area contributed by atoms with Crippen molar-refractivity contribution in [3.63, 3.8) is 0 Å². The van der Waals surface area contributed by atoms with E-state index in [2.05, 4.69) is 48.5 Å². The van der Waals surface area contributed by atoms with E-state index in [9.17, 15) is 0 Å². The molecule has 1 saturated heterocycles. The Hall–Kier alpha value is -3.32. The maximum absolute atomic E-state index is 6.65. The molecule has 0 aliphatic carbocycles. The van der Waals surface area contributed by atoms with E-state index in [1.54, 1.807) is 0 Å². The first-order valence-corrected chi connectivity index (χ1v) is 14.0. The van der Waals surface area contributed by atoms with Crippen molar-refractivity contribution in [3.8, 4) is 0 Å². The number of hydrogen-bond acceptors (Lipinski definition) is 5. The van der Waals surface area contributed by atoms with Crippen LogP contribution in [0.3, 0.4) is 0 Å². The second-order valence-electron chi connectivity index (χ2n) is 10.2. The molecule has 1 aliphatic rings. The van der Waals surface area contributed by atoms with Gasteiger partial charge in [0.15, 0.2) is 0 Å². The van der Waals surface area contributed by atoms with E-state index in [1.807, 2.05) is 79.7 Å². The van der Waals surface area contributed by atoms with Crippen LogP contribution in [0.5, 0.6) is 0 Å². The molecule has 0 saturated carbocycles. The third kappa shape index (κ3) is 8.10. The van der Waals surface area contributed by atoms with Crippen LogP contribution in [0.15, 0.2) is 121 Å². The molecule has 5 nitrogen and oxygen atoms in total. The van der Waals surface area contributed by atoms with Gasteiger partial charge in [0.25, 0.3) is 0 Å².